The molecule has 1 aliphatic heterocycles. The number of aromatic hydroxyl groups is 1. The monoisotopic (exact) mass is 546 g/mol. The number of nitrogens with zero attached hydrogens (tertiary/aromatic N) is 1. The predicted molar refractivity (Wildman–Crippen MR) is 153 cm³/mol. The molecular formula is C30H46N2O5S. The van der Waals surface area contributed by atoms with Gasteiger partial charge in [-0.15, -0.1) is 0 Å². The van der Waals surface area contributed by atoms with Gasteiger partial charge in [0.25, 0.3) is 0 Å². The normalized spacial score (nSPS) is 16.5. The zero-order valence-corrected chi connectivity index (χ0v) is 24.6. The summed E-state index contributed by atoms with van der Waals surface area (Å²) < 4.78 is 35.2. The van der Waals surface area contributed by atoms with Crippen molar-refractivity contribution in [1.82, 2.24) is 9.62 Å². The van der Waals surface area contributed by atoms with Gasteiger partial charge in [0.1, 0.15) is 24.2 Å². The molecule has 1 saturated heterocycles. The van der Waals surface area contributed by atoms with Crippen LogP contribution in [0.1, 0.15) is 88.8 Å². The first-order valence-electron chi connectivity index (χ1n) is 13.9. The molecule has 0 spiro atoms. The number of phenolic OH excluding ortho intramolecular Hbond substituents is 1. The summed E-state index contributed by atoms with van der Waals surface area (Å²) >= 11 is 0. The molecule has 1 heterocycles. The highest BCUT2D eigenvalue weighted by atomic mass is 32.2. The Bertz CT molecular complexity index is 1110. The fourth-order valence-corrected chi connectivity index (χ4v) is 7.05. The molecule has 1 atom stereocenters. The van der Waals surface area contributed by atoms with Gasteiger partial charge >= 0.3 is 0 Å². The van der Waals surface area contributed by atoms with E-state index >= 15 is 0 Å². The molecule has 0 aliphatic carbocycles. The van der Waals surface area contributed by atoms with Crippen LogP contribution in [0, 0.1) is 5.92 Å². The summed E-state index contributed by atoms with van der Waals surface area (Å²) in [5.41, 5.74) is 3.04. The Morgan fingerprint density at radius 2 is 1.50 bits per heavy atom. The van der Waals surface area contributed by atoms with Crippen molar-refractivity contribution >= 4 is 10.0 Å². The minimum absolute atomic E-state index is 0.113. The predicted octanol–water partition coefficient (Wildman–Crippen LogP) is 5.19. The first kappa shape index (κ1) is 30.4. The topological polar surface area (TPSA) is 99.1 Å². The van der Waals surface area contributed by atoms with Gasteiger partial charge in [0, 0.05) is 19.6 Å². The number of rotatable bonds is 12. The largest absolute Gasteiger partial charge is 0.508 e. The molecule has 38 heavy (non-hydrogen) atoms. The van der Waals surface area contributed by atoms with Crippen LogP contribution in [0.2, 0.25) is 0 Å². The average molecular weight is 547 g/mol. The molecule has 3 rings (SSSR count). The van der Waals surface area contributed by atoms with Crippen LogP contribution in [0.5, 0.6) is 11.5 Å². The van der Waals surface area contributed by atoms with Crippen LogP contribution >= 0.6 is 0 Å². The SMILES string of the molecule is CC(C)c1cc(C(C)C)c(S(=O)(=O)N2CCC(CNC[C@H](O)COc3ccc(O)cc3)CC2)c(C(C)C)c1. The second-order valence-corrected chi connectivity index (χ2v) is 13.3. The molecule has 1 fully saturated rings. The van der Waals surface area contributed by atoms with Crippen LogP contribution in [-0.2, 0) is 10.0 Å². The standard InChI is InChI=1S/C30H46N2O5S/c1-20(2)24-15-28(21(3)4)30(29(16-24)22(5)6)38(35,36)32-13-11-23(12-14-32)17-31-18-26(34)19-37-27-9-7-25(33)8-10-27/h7-10,15-16,20-23,26,31,33-34H,11-14,17-19H2,1-6H3/t26-/m0/s1. The molecular weight excluding hydrogens is 500 g/mol. The number of hydrogen-bond donors (Lipinski definition) is 3. The van der Waals surface area contributed by atoms with Gasteiger partial charge in [-0.1, -0.05) is 53.7 Å². The van der Waals surface area contributed by atoms with Gasteiger partial charge in [0.15, 0.2) is 0 Å². The smallest absolute Gasteiger partial charge is 0.243 e. The van der Waals surface area contributed by atoms with Crippen LogP contribution < -0.4 is 10.1 Å². The Balaban J connectivity index is 1.58. The van der Waals surface area contributed by atoms with Crippen molar-refractivity contribution in [3.8, 4) is 11.5 Å². The lowest BCUT2D eigenvalue weighted by Gasteiger charge is -2.33. The number of aliphatic hydroxyl groups excluding tert-OH is 1. The maximum atomic E-state index is 14.0. The number of aliphatic hydroxyl groups is 1. The molecule has 212 valence electrons. The highest BCUT2D eigenvalue weighted by molar-refractivity contribution is 7.89. The van der Waals surface area contributed by atoms with Crippen molar-refractivity contribution in [2.75, 3.05) is 32.8 Å². The molecule has 0 saturated carbocycles. The maximum Gasteiger partial charge on any atom is 0.243 e. The number of nitrogens with one attached hydrogen (secondary N) is 1. The van der Waals surface area contributed by atoms with Crippen LogP contribution in [0.4, 0.5) is 0 Å². The summed E-state index contributed by atoms with van der Waals surface area (Å²) in [6, 6.07) is 10.6. The van der Waals surface area contributed by atoms with E-state index in [-0.39, 0.29) is 24.2 Å². The quantitative estimate of drug-likeness (QED) is 0.339. The van der Waals surface area contributed by atoms with Crippen LogP contribution in [0.25, 0.3) is 0 Å². The molecule has 0 unspecified atom stereocenters. The Morgan fingerprint density at radius 1 is 0.947 bits per heavy atom. The van der Waals surface area contributed by atoms with Crippen molar-refractivity contribution in [3.05, 3.63) is 53.1 Å². The third kappa shape index (κ3) is 7.72. The Labute approximate surface area is 229 Å². The zero-order valence-electron chi connectivity index (χ0n) is 23.8. The highest BCUT2D eigenvalue weighted by Gasteiger charge is 2.34. The first-order valence-corrected chi connectivity index (χ1v) is 15.3. The lowest BCUT2D eigenvalue weighted by atomic mass is 9.89. The summed E-state index contributed by atoms with van der Waals surface area (Å²) in [7, 11) is -3.61. The Hall–Kier alpha value is -2.13. The number of ether oxygens (including phenoxy) is 1. The molecule has 0 bridgehead atoms. The Kier molecular flexibility index (Phi) is 10.6. The number of piperidine rings is 1. The molecule has 7 nitrogen and oxygen atoms in total. The van der Waals surface area contributed by atoms with E-state index in [4.69, 9.17) is 4.74 Å². The van der Waals surface area contributed by atoms with Crippen molar-refractivity contribution < 1.29 is 23.4 Å². The molecule has 8 heteroatoms. The van der Waals surface area contributed by atoms with Gasteiger partial charge < -0.3 is 20.3 Å². The van der Waals surface area contributed by atoms with E-state index in [1.54, 1.807) is 28.6 Å². The van der Waals surface area contributed by atoms with Crippen molar-refractivity contribution in [1.29, 1.82) is 0 Å². The summed E-state index contributed by atoms with van der Waals surface area (Å²) in [4.78, 5) is 0.514. The molecule has 0 amide bonds. The van der Waals surface area contributed by atoms with Crippen LogP contribution in [0.15, 0.2) is 41.3 Å². The summed E-state index contributed by atoms with van der Waals surface area (Å²) in [6.07, 6.45) is 0.900. The minimum atomic E-state index is -3.61. The van der Waals surface area contributed by atoms with Gasteiger partial charge in [0.2, 0.25) is 10.0 Å². The van der Waals surface area contributed by atoms with Gasteiger partial charge in [-0.25, -0.2) is 8.42 Å². The van der Waals surface area contributed by atoms with Gasteiger partial charge in [-0.3, -0.25) is 0 Å². The average Bonchev–Trinajstić information content (AvgIpc) is 2.87. The van der Waals surface area contributed by atoms with Crippen molar-refractivity contribution in [2.45, 2.75) is 83.1 Å². The highest BCUT2D eigenvalue weighted by Crippen LogP contribution is 2.37. The molecule has 2 aromatic carbocycles. The van der Waals surface area contributed by atoms with Crippen molar-refractivity contribution in [2.24, 2.45) is 5.92 Å². The number of phenols is 1. The van der Waals surface area contributed by atoms with Gasteiger partial charge in [0.05, 0.1) is 4.90 Å². The lowest BCUT2D eigenvalue weighted by Crippen LogP contribution is -2.42. The second-order valence-electron chi connectivity index (χ2n) is 11.5. The summed E-state index contributed by atoms with van der Waals surface area (Å²) in [6.45, 7) is 14.9. The van der Waals surface area contributed by atoms with E-state index in [2.05, 4.69) is 59.0 Å². The van der Waals surface area contributed by atoms with Crippen molar-refractivity contribution in [3.63, 3.8) is 0 Å². The zero-order chi connectivity index (χ0) is 28.0. The minimum Gasteiger partial charge on any atom is -0.508 e. The molecule has 0 aromatic heterocycles. The van der Waals surface area contributed by atoms with Gasteiger partial charge in [-0.05, 0) is 84.0 Å². The van der Waals surface area contributed by atoms with E-state index in [9.17, 15) is 18.6 Å². The first-order chi connectivity index (χ1) is 17.9. The number of sulfonamides is 1. The molecule has 1 aliphatic rings. The van der Waals surface area contributed by atoms with Crippen LogP contribution in [-0.4, -0.2) is 61.8 Å². The van der Waals surface area contributed by atoms with E-state index in [1.165, 1.54) is 5.56 Å². The van der Waals surface area contributed by atoms with E-state index in [1.807, 2.05) is 0 Å². The summed E-state index contributed by atoms with van der Waals surface area (Å²) in [5, 5.41) is 22.9. The van der Waals surface area contributed by atoms with E-state index in [0.717, 1.165) is 30.5 Å². The third-order valence-electron chi connectivity index (χ3n) is 7.34. The fraction of sp³-hybridized carbons (Fsp3) is 0.600. The van der Waals surface area contributed by atoms with E-state index < -0.39 is 16.1 Å². The summed E-state index contributed by atoms with van der Waals surface area (Å²) in [5.74, 6) is 1.68. The maximum absolute atomic E-state index is 14.0. The molecule has 2 aromatic rings. The number of benzene rings is 2. The second kappa shape index (κ2) is 13.3. The number of hydrogen-bond acceptors (Lipinski definition) is 6. The van der Waals surface area contributed by atoms with E-state index in [0.29, 0.717) is 42.1 Å². The van der Waals surface area contributed by atoms with Gasteiger partial charge in [-0.2, -0.15) is 4.31 Å². The lowest BCUT2D eigenvalue weighted by molar-refractivity contribution is 0.104. The fourth-order valence-electron chi connectivity index (χ4n) is 4.92. The molecule has 3 N–H and O–H groups in total. The Morgan fingerprint density at radius 3 is 2.00 bits per heavy atom. The molecule has 0 radical (unpaired) electrons. The van der Waals surface area contributed by atoms with Crippen LogP contribution in [0.3, 0.4) is 0 Å². The third-order valence-corrected chi connectivity index (χ3v) is 9.38.